The Morgan fingerprint density at radius 3 is 2.88 bits per heavy atom. The van der Waals surface area contributed by atoms with Crippen molar-refractivity contribution in [1.82, 2.24) is 10.2 Å². The molecule has 1 N–H and O–H groups in total. The molecule has 1 aliphatic rings. The highest BCUT2D eigenvalue weighted by atomic mass is 79.9. The molecule has 2 amide bonds. The van der Waals surface area contributed by atoms with Gasteiger partial charge in [0, 0.05) is 27.2 Å². The molecule has 0 atom stereocenters. The zero-order chi connectivity index (χ0) is 17.4. The van der Waals surface area contributed by atoms with Crippen LogP contribution < -0.4 is 5.32 Å². The summed E-state index contributed by atoms with van der Waals surface area (Å²) < 4.78 is 1.82. The van der Waals surface area contributed by atoms with E-state index in [1.165, 1.54) is 16.2 Å². The Kier molecular flexibility index (Phi) is 4.87. The van der Waals surface area contributed by atoms with Gasteiger partial charge in [-0.15, -0.1) is 17.9 Å². The topological polar surface area (TPSA) is 49.4 Å². The van der Waals surface area contributed by atoms with Crippen LogP contribution in [0.2, 0.25) is 5.02 Å². The number of halogens is 2. The van der Waals surface area contributed by atoms with Crippen LogP contribution in [0.5, 0.6) is 0 Å². The maximum absolute atomic E-state index is 12.6. The van der Waals surface area contributed by atoms with E-state index in [0.29, 0.717) is 5.02 Å². The third-order valence-electron chi connectivity index (χ3n) is 3.43. The summed E-state index contributed by atoms with van der Waals surface area (Å²) in [5.41, 5.74) is 0.758. The first kappa shape index (κ1) is 17.3. The number of thiophene rings is 1. The van der Waals surface area contributed by atoms with Crippen molar-refractivity contribution in [1.29, 1.82) is 0 Å². The fourth-order valence-corrected chi connectivity index (χ4v) is 4.49. The van der Waals surface area contributed by atoms with Crippen molar-refractivity contribution in [2.24, 2.45) is 0 Å². The summed E-state index contributed by atoms with van der Waals surface area (Å²) in [5.74, 6) is -0.962. The molecule has 4 nitrogen and oxygen atoms in total. The molecule has 1 aromatic heterocycles. The van der Waals surface area contributed by atoms with Gasteiger partial charge in [0.05, 0.1) is 3.79 Å². The minimum Gasteiger partial charge on any atom is -0.298 e. The van der Waals surface area contributed by atoms with Gasteiger partial charge in [-0.25, -0.2) is 0 Å². The lowest BCUT2D eigenvalue weighted by atomic mass is 10.1. The quantitative estimate of drug-likeness (QED) is 0.337. The second kappa shape index (κ2) is 6.76. The van der Waals surface area contributed by atoms with E-state index in [-0.39, 0.29) is 17.2 Å². The Balaban J connectivity index is 2.13. The van der Waals surface area contributed by atoms with E-state index in [0.717, 1.165) is 19.4 Å². The highest BCUT2D eigenvalue weighted by Crippen LogP contribution is 2.38. The Morgan fingerprint density at radius 2 is 2.17 bits per heavy atom. The number of amides is 2. The van der Waals surface area contributed by atoms with Crippen LogP contribution in [0, 0.1) is 0 Å². The molecule has 1 fully saturated rings. The summed E-state index contributed by atoms with van der Waals surface area (Å²) >= 11 is 16.1. The predicted molar refractivity (Wildman–Crippen MR) is 105 cm³/mol. The fourth-order valence-electron chi connectivity index (χ4n) is 2.33. The summed E-state index contributed by atoms with van der Waals surface area (Å²) in [6.45, 7) is 3.83. The first-order valence-electron chi connectivity index (χ1n) is 6.79. The van der Waals surface area contributed by atoms with Gasteiger partial charge in [0.1, 0.15) is 5.57 Å². The summed E-state index contributed by atoms with van der Waals surface area (Å²) in [7, 11) is 0. The monoisotopic (exact) mass is 440 g/mol. The number of carbonyl (C=O) groups is 2. The lowest BCUT2D eigenvalue weighted by Crippen LogP contribution is -2.53. The highest BCUT2D eigenvalue weighted by Gasteiger charge is 2.33. The van der Waals surface area contributed by atoms with Crippen LogP contribution in [0.3, 0.4) is 0 Å². The molecule has 1 saturated heterocycles. The second-order valence-electron chi connectivity index (χ2n) is 4.95. The highest BCUT2D eigenvalue weighted by molar-refractivity contribution is 9.11. The van der Waals surface area contributed by atoms with Gasteiger partial charge in [-0.2, -0.15) is 0 Å². The van der Waals surface area contributed by atoms with E-state index >= 15 is 0 Å². The molecule has 3 rings (SSSR count). The van der Waals surface area contributed by atoms with Crippen LogP contribution >= 0.6 is 51.1 Å². The molecule has 24 heavy (non-hydrogen) atoms. The Morgan fingerprint density at radius 1 is 1.42 bits per heavy atom. The predicted octanol–water partition coefficient (Wildman–Crippen LogP) is 4.13. The van der Waals surface area contributed by atoms with Gasteiger partial charge in [0.2, 0.25) is 0 Å². The summed E-state index contributed by atoms with van der Waals surface area (Å²) in [4.78, 5) is 26.1. The van der Waals surface area contributed by atoms with E-state index in [2.05, 4.69) is 27.8 Å². The van der Waals surface area contributed by atoms with Crippen molar-refractivity contribution in [3.05, 3.63) is 50.8 Å². The van der Waals surface area contributed by atoms with Gasteiger partial charge in [0.25, 0.3) is 11.8 Å². The number of thiocarbonyl (C=S) groups is 1. The zero-order valence-electron chi connectivity index (χ0n) is 12.1. The second-order valence-corrected chi connectivity index (χ2v) is 8.14. The molecule has 0 unspecified atom stereocenters. The van der Waals surface area contributed by atoms with E-state index in [1.807, 2.05) is 12.1 Å². The molecule has 2 aromatic rings. The molecule has 0 saturated carbocycles. The number of benzene rings is 1. The molecule has 1 aromatic carbocycles. The normalized spacial score (nSPS) is 16.8. The number of rotatable bonds is 3. The summed E-state index contributed by atoms with van der Waals surface area (Å²) in [6.07, 6.45) is 3.11. The average molecular weight is 442 g/mol. The van der Waals surface area contributed by atoms with Crippen molar-refractivity contribution in [2.75, 3.05) is 6.54 Å². The third-order valence-corrected chi connectivity index (χ3v) is 5.87. The van der Waals surface area contributed by atoms with Gasteiger partial charge in [-0.3, -0.25) is 19.8 Å². The van der Waals surface area contributed by atoms with Gasteiger partial charge in [0.15, 0.2) is 5.11 Å². The molecular weight excluding hydrogens is 432 g/mol. The third kappa shape index (κ3) is 3.04. The summed E-state index contributed by atoms with van der Waals surface area (Å²) in [6, 6.07) is 5.51. The lowest BCUT2D eigenvalue weighted by molar-refractivity contribution is -0.128. The van der Waals surface area contributed by atoms with Crippen LogP contribution in [0.1, 0.15) is 5.56 Å². The Bertz CT molecular complexity index is 936. The van der Waals surface area contributed by atoms with E-state index in [9.17, 15) is 9.59 Å². The van der Waals surface area contributed by atoms with Crippen LogP contribution in [0.15, 0.2) is 40.2 Å². The van der Waals surface area contributed by atoms with E-state index in [1.54, 1.807) is 18.2 Å². The molecule has 2 heterocycles. The largest absolute Gasteiger partial charge is 0.298 e. The molecule has 0 radical (unpaired) electrons. The molecule has 8 heteroatoms. The maximum Gasteiger partial charge on any atom is 0.265 e. The average Bonchev–Trinajstić information content (AvgIpc) is 2.83. The zero-order valence-corrected chi connectivity index (χ0v) is 16.1. The molecule has 0 bridgehead atoms. The molecule has 0 spiro atoms. The molecule has 122 valence electrons. The Labute approximate surface area is 160 Å². The standard InChI is InChI=1S/C16H10BrClN2O2S2/c1-2-5-20-15(22)11(14(21)19-16(20)23)7-10-9-6-8(18)3-4-12(9)24-13(10)17/h2-4,6-7H,1,5H2,(H,19,21,23)/b11-7+. The van der Waals surface area contributed by atoms with Crippen molar-refractivity contribution in [3.8, 4) is 0 Å². The van der Waals surface area contributed by atoms with Gasteiger partial charge < -0.3 is 0 Å². The SMILES string of the molecule is C=CCN1C(=O)/C(=C/c2c(Br)sc3ccc(Cl)cc23)C(=O)NC1=S. The lowest BCUT2D eigenvalue weighted by Gasteiger charge is -2.27. The smallest absolute Gasteiger partial charge is 0.265 e. The van der Waals surface area contributed by atoms with Crippen LogP contribution in [0.25, 0.3) is 16.2 Å². The van der Waals surface area contributed by atoms with Crippen molar-refractivity contribution < 1.29 is 9.59 Å². The van der Waals surface area contributed by atoms with E-state index < -0.39 is 11.8 Å². The fraction of sp³-hybridized carbons (Fsp3) is 0.0625. The number of hydrogen-bond acceptors (Lipinski definition) is 4. The minimum atomic E-state index is -0.515. The van der Waals surface area contributed by atoms with Crippen LogP contribution in [0.4, 0.5) is 0 Å². The summed E-state index contributed by atoms with van der Waals surface area (Å²) in [5, 5.41) is 4.07. The van der Waals surface area contributed by atoms with Crippen LogP contribution in [-0.4, -0.2) is 28.4 Å². The van der Waals surface area contributed by atoms with Crippen molar-refractivity contribution in [2.45, 2.75) is 0 Å². The molecular formula is C16H10BrClN2O2S2. The number of nitrogens with zero attached hydrogens (tertiary/aromatic N) is 1. The van der Waals surface area contributed by atoms with Gasteiger partial charge in [-0.05, 0) is 52.4 Å². The van der Waals surface area contributed by atoms with Crippen molar-refractivity contribution >= 4 is 84.2 Å². The first-order chi connectivity index (χ1) is 11.4. The molecule has 0 aliphatic carbocycles. The van der Waals surface area contributed by atoms with E-state index in [4.69, 9.17) is 23.8 Å². The number of carbonyl (C=O) groups excluding carboxylic acids is 2. The van der Waals surface area contributed by atoms with Crippen molar-refractivity contribution in [3.63, 3.8) is 0 Å². The minimum absolute atomic E-state index is 0.0193. The maximum atomic E-state index is 12.6. The van der Waals surface area contributed by atoms with Gasteiger partial charge in [-0.1, -0.05) is 17.7 Å². The van der Waals surface area contributed by atoms with Gasteiger partial charge >= 0.3 is 0 Å². The number of fused-ring (bicyclic) bond motifs is 1. The molecule has 1 aliphatic heterocycles. The van der Waals surface area contributed by atoms with Crippen LogP contribution in [-0.2, 0) is 9.59 Å². The number of hydrogen-bond donors (Lipinski definition) is 1. The number of nitrogens with one attached hydrogen (secondary N) is 1. The Hall–Kier alpha value is -1.54. The first-order valence-corrected chi connectivity index (χ1v) is 9.19.